The Hall–Kier alpha value is -1.49. The zero-order chi connectivity index (χ0) is 12.3. The lowest BCUT2D eigenvalue weighted by atomic mass is 10.0. The number of rotatable bonds is 2. The molecule has 0 aromatic carbocycles. The van der Waals surface area contributed by atoms with E-state index in [0.717, 1.165) is 25.5 Å². The van der Waals surface area contributed by atoms with Gasteiger partial charge >= 0.3 is 0 Å². The van der Waals surface area contributed by atoms with Crippen LogP contribution in [0, 0.1) is 5.82 Å². The summed E-state index contributed by atoms with van der Waals surface area (Å²) in [5.74, 6) is -0.692. The van der Waals surface area contributed by atoms with Crippen LogP contribution in [-0.2, 0) is 0 Å². The fraction of sp³-hybridized carbons (Fsp3) is 0.500. The molecule has 1 N–H and O–H groups in total. The Labute approximate surface area is 99.1 Å². The van der Waals surface area contributed by atoms with E-state index in [2.05, 4.69) is 4.98 Å². The Morgan fingerprint density at radius 1 is 1.53 bits per heavy atom. The van der Waals surface area contributed by atoms with Crippen molar-refractivity contribution in [2.24, 2.45) is 0 Å². The van der Waals surface area contributed by atoms with Gasteiger partial charge in [0.15, 0.2) is 0 Å². The summed E-state index contributed by atoms with van der Waals surface area (Å²) in [5.41, 5.74) is 0.228. The van der Waals surface area contributed by atoms with Gasteiger partial charge in [-0.3, -0.25) is 4.79 Å². The van der Waals surface area contributed by atoms with Gasteiger partial charge in [0.1, 0.15) is 11.5 Å². The number of nitrogens with zero attached hydrogens (tertiary/aromatic N) is 2. The number of hydrogen-bond acceptors (Lipinski definition) is 3. The molecule has 2 heterocycles. The van der Waals surface area contributed by atoms with Crippen LogP contribution in [0.3, 0.4) is 0 Å². The van der Waals surface area contributed by atoms with E-state index in [0.29, 0.717) is 6.54 Å². The van der Waals surface area contributed by atoms with Crippen LogP contribution >= 0.6 is 0 Å². The van der Waals surface area contributed by atoms with Gasteiger partial charge < -0.3 is 10.0 Å². The average molecular weight is 238 g/mol. The van der Waals surface area contributed by atoms with Crippen molar-refractivity contribution in [1.82, 2.24) is 9.88 Å². The number of aliphatic hydroxyl groups excluding tert-OH is 1. The quantitative estimate of drug-likeness (QED) is 0.842. The van der Waals surface area contributed by atoms with E-state index >= 15 is 0 Å². The first-order valence-electron chi connectivity index (χ1n) is 5.76. The highest BCUT2D eigenvalue weighted by molar-refractivity contribution is 5.92. The third-order valence-corrected chi connectivity index (χ3v) is 3.05. The van der Waals surface area contributed by atoms with Crippen LogP contribution in [-0.4, -0.2) is 40.1 Å². The van der Waals surface area contributed by atoms with Gasteiger partial charge in [-0.25, -0.2) is 9.37 Å². The summed E-state index contributed by atoms with van der Waals surface area (Å²) in [6, 6.07) is 2.46. The minimum Gasteiger partial charge on any atom is -0.394 e. The molecule has 1 aromatic heterocycles. The van der Waals surface area contributed by atoms with Crippen LogP contribution in [0.2, 0.25) is 0 Å². The molecular formula is C12H15FN2O2. The number of halogens is 1. The summed E-state index contributed by atoms with van der Waals surface area (Å²) in [6.45, 7) is 0.593. The van der Waals surface area contributed by atoms with E-state index in [-0.39, 0.29) is 24.2 Å². The first-order valence-corrected chi connectivity index (χ1v) is 5.76. The van der Waals surface area contributed by atoms with Crippen molar-refractivity contribution in [2.75, 3.05) is 13.2 Å². The van der Waals surface area contributed by atoms with E-state index in [1.165, 1.54) is 12.1 Å². The molecule has 0 bridgehead atoms. The minimum atomic E-state index is -0.459. The van der Waals surface area contributed by atoms with E-state index in [1.54, 1.807) is 4.90 Å². The van der Waals surface area contributed by atoms with Crippen LogP contribution in [0.15, 0.2) is 18.3 Å². The number of aromatic nitrogens is 1. The Balaban J connectivity index is 2.15. The highest BCUT2D eigenvalue weighted by Crippen LogP contribution is 2.18. The molecule has 0 radical (unpaired) electrons. The van der Waals surface area contributed by atoms with Crippen LogP contribution in [0.25, 0.3) is 0 Å². The van der Waals surface area contributed by atoms with Crippen LogP contribution in [0.1, 0.15) is 29.8 Å². The van der Waals surface area contributed by atoms with Gasteiger partial charge in [0.2, 0.25) is 0 Å². The van der Waals surface area contributed by atoms with Gasteiger partial charge in [0, 0.05) is 6.54 Å². The molecule has 92 valence electrons. The SMILES string of the molecule is O=C(c1ccc(F)cn1)N1CCCCC1CO. The molecule has 1 aliphatic heterocycles. The second kappa shape index (κ2) is 5.23. The second-order valence-corrected chi connectivity index (χ2v) is 4.19. The van der Waals surface area contributed by atoms with Gasteiger partial charge in [-0.1, -0.05) is 0 Å². The molecule has 1 saturated heterocycles. The van der Waals surface area contributed by atoms with E-state index in [9.17, 15) is 14.3 Å². The highest BCUT2D eigenvalue weighted by Gasteiger charge is 2.27. The van der Waals surface area contributed by atoms with Crippen molar-refractivity contribution in [3.05, 3.63) is 29.8 Å². The molecule has 0 saturated carbocycles. The van der Waals surface area contributed by atoms with Crippen molar-refractivity contribution in [3.63, 3.8) is 0 Å². The zero-order valence-corrected chi connectivity index (χ0v) is 9.47. The Morgan fingerprint density at radius 2 is 2.35 bits per heavy atom. The molecular weight excluding hydrogens is 223 g/mol. The van der Waals surface area contributed by atoms with Crippen molar-refractivity contribution in [3.8, 4) is 0 Å². The third kappa shape index (κ3) is 2.61. The molecule has 1 fully saturated rings. The van der Waals surface area contributed by atoms with Gasteiger partial charge in [-0.15, -0.1) is 0 Å². The maximum Gasteiger partial charge on any atom is 0.272 e. The average Bonchev–Trinajstić information content (AvgIpc) is 2.39. The summed E-state index contributed by atoms with van der Waals surface area (Å²) in [4.78, 5) is 17.5. The second-order valence-electron chi connectivity index (χ2n) is 4.19. The number of piperidine rings is 1. The summed E-state index contributed by atoms with van der Waals surface area (Å²) in [6.07, 6.45) is 3.80. The normalized spacial score (nSPS) is 20.4. The molecule has 4 nitrogen and oxygen atoms in total. The molecule has 1 unspecified atom stereocenters. The van der Waals surface area contributed by atoms with Gasteiger partial charge in [0.05, 0.1) is 18.8 Å². The number of aliphatic hydroxyl groups is 1. The van der Waals surface area contributed by atoms with Crippen molar-refractivity contribution >= 4 is 5.91 Å². The summed E-state index contributed by atoms with van der Waals surface area (Å²) in [5, 5.41) is 9.23. The van der Waals surface area contributed by atoms with Crippen molar-refractivity contribution < 1.29 is 14.3 Å². The van der Waals surface area contributed by atoms with E-state index in [4.69, 9.17) is 0 Å². The van der Waals surface area contributed by atoms with E-state index in [1.807, 2.05) is 0 Å². The minimum absolute atomic E-state index is 0.0348. The lowest BCUT2D eigenvalue weighted by Gasteiger charge is -2.34. The molecule has 0 aliphatic carbocycles. The fourth-order valence-electron chi connectivity index (χ4n) is 2.11. The third-order valence-electron chi connectivity index (χ3n) is 3.05. The Kier molecular flexibility index (Phi) is 3.68. The molecule has 1 aliphatic rings. The van der Waals surface area contributed by atoms with E-state index < -0.39 is 5.82 Å². The molecule has 5 heteroatoms. The summed E-state index contributed by atoms with van der Waals surface area (Å²) < 4.78 is 12.7. The van der Waals surface area contributed by atoms with Crippen LogP contribution < -0.4 is 0 Å². The number of carbonyl (C=O) groups is 1. The van der Waals surface area contributed by atoms with Gasteiger partial charge in [0.25, 0.3) is 5.91 Å². The monoisotopic (exact) mass is 238 g/mol. The van der Waals surface area contributed by atoms with Crippen LogP contribution in [0.5, 0.6) is 0 Å². The highest BCUT2D eigenvalue weighted by atomic mass is 19.1. The first-order chi connectivity index (χ1) is 8.22. The lowest BCUT2D eigenvalue weighted by molar-refractivity contribution is 0.0497. The summed E-state index contributed by atoms with van der Waals surface area (Å²) >= 11 is 0. The fourth-order valence-corrected chi connectivity index (χ4v) is 2.11. The molecule has 17 heavy (non-hydrogen) atoms. The Bertz CT molecular complexity index is 394. The topological polar surface area (TPSA) is 53.4 Å². The molecule has 1 atom stereocenters. The standard InChI is InChI=1S/C12H15FN2O2/c13-9-4-5-11(14-7-9)12(17)15-6-2-1-3-10(15)8-16/h4-5,7,10,16H,1-3,6,8H2. The maximum atomic E-state index is 12.7. The lowest BCUT2D eigenvalue weighted by Crippen LogP contribution is -2.45. The number of carbonyl (C=O) groups excluding carboxylic acids is 1. The van der Waals surface area contributed by atoms with Crippen LogP contribution in [0.4, 0.5) is 4.39 Å². The number of amides is 1. The number of pyridine rings is 1. The zero-order valence-electron chi connectivity index (χ0n) is 9.47. The summed E-state index contributed by atoms with van der Waals surface area (Å²) in [7, 11) is 0. The molecule has 1 amide bonds. The van der Waals surface area contributed by atoms with Crippen molar-refractivity contribution in [2.45, 2.75) is 25.3 Å². The first kappa shape index (κ1) is 12.0. The predicted molar refractivity (Wildman–Crippen MR) is 60.0 cm³/mol. The van der Waals surface area contributed by atoms with Gasteiger partial charge in [-0.05, 0) is 31.4 Å². The van der Waals surface area contributed by atoms with Gasteiger partial charge in [-0.2, -0.15) is 0 Å². The number of likely N-dealkylation sites (tertiary alicyclic amines) is 1. The predicted octanol–water partition coefficient (Wildman–Crippen LogP) is 1.21. The Morgan fingerprint density at radius 3 is 3.00 bits per heavy atom. The maximum absolute atomic E-state index is 12.7. The largest absolute Gasteiger partial charge is 0.394 e. The molecule has 0 spiro atoms. The molecule has 2 rings (SSSR count). The number of hydrogen-bond donors (Lipinski definition) is 1. The van der Waals surface area contributed by atoms with Crippen molar-refractivity contribution in [1.29, 1.82) is 0 Å². The molecule has 1 aromatic rings. The smallest absolute Gasteiger partial charge is 0.272 e.